The molecule has 4 nitrogen and oxygen atoms in total. The molecule has 1 aliphatic heterocycles. The van der Waals surface area contributed by atoms with Crippen molar-refractivity contribution in [2.24, 2.45) is 0 Å². The summed E-state index contributed by atoms with van der Waals surface area (Å²) in [6.07, 6.45) is 5.83. The third kappa shape index (κ3) is 5.36. The summed E-state index contributed by atoms with van der Waals surface area (Å²) in [6, 6.07) is 12.1. The van der Waals surface area contributed by atoms with E-state index in [0.717, 1.165) is 38.0 Å². The molecule has 0 unspecified atom stereocenters. The first-order chi connectivity index (χ1) is 12.2. The number of rotatable bonds is 6. The zero-order valence-electron chi connectivity index (χ0n) is 14.3. The van der Waals surface area contributed by atoms with Gasteiger partial charge in [0.15, 0.2) is 0 Å². The first-order valence-corrected chi connectivity index (χ1v) is 8.85. The average molecular weight is 341 g/mol. The summed E-state index contributed by atoms with van der Waals surface area (Å²) in [5.74, 6) is -0.219. The zero-order valence-corrected chi connectivity index (χ0v) is 14.3. The molecule has 0 aliphatic carbocycles. The zero-order chi connectivity index (χ0) is 17.5. The number of hydrogen-bond donors (Lipinski definition) is 1. The Morgan fingerprint density at radius 3 is 2.88 bits per heavy atom. The number of likely N-dealkylation sites (tertiary alicyclic amines) is 1. The maximum atomic E-state index is 13.2. The van der Waals surface area contributed by atoms with Gasteiger partial charge in [-0.2, -0.15) is 0 Å². The summed E-state index contributed by atoms with van der Waals surface area (Å²) in [5, 5.41) is 3.55. The second-order valence-electron chi connectivity index (χ2n) is 6.56. The van der Waals surface area contributed by atoms with E-state index in [9.17, 15) is 9.18 Å². The van der Waals surface area contributed by atoms with E-state index in [-0.39, 0.29) is 11.7 Å². The Hall–Kier alpha value is -2.27. The number of hydrogen-bond acceptors (Lipinski definition) is 3. The number of amides is 1. The summed E-state index contributed by atoms with van der Waals surface area (Å²) in [5.41, 5.74) is 2.02. The van der Waals surface area contributed by atoms with Crippen LogP contribution in [0.25, 0.3) is 0 Å². The van der Waals surface area contributed by atoms with Crippen molar-refractivity contribution in [2.45, 2.75) is 38.3 Å². The van der Waals surface area contributed by atoms with Gasteiger partial charge in [-0.25, -0.2) is 4.39 Å². The molecule has 1 aliphatic rings. The van der Waals surface area contributed by atoms with Gasteiger partial charge in [-0.05, 0) is 36.5 Å². The fraction of sp³-hybridized carbons (Fsp3) is 0.400. The van der Waals surface area contributed by atoms with Crippen molar-refractivity contribution in [3.8, 4) is 0 Å². The lowest BCUT2D eigenvalue weighted by Crippen LogP contribution is -2.47. The minimum Gasteiger partial charge on any atom is -0.341 e. The number of halogens is 1. The molecule has 5 heteroatoms. The van der Waals surface area contributed by atoms with Crippen molar-refractivity contribution in [3.05, 3.63) is 65.7 Å². The number of pyridine rings is 1. The highest BCUT2D eigenvalue weighted by molar-refractivity contribution is 5.76. The van der Waals surface area contributed by atoms with Crippen LogP contribution in [0.1, 0.15) is 30.4 Å². The molecule has 0 saturated carbocycles. The van der Waals surface area contributed by atoms with E-state index in [1.807, 2.05) is 23.1 Å². The molecule has 2 aromatic rings. The molecule has 1 saturated heterocycles. The van der Waals surface area contributed by atoms with Crippen molar-refractivity contribution in [1.29, 1.82) is 0 Å². The van der Waals surface area contributed by atoms with Gasteiger partial charge < -0.3 is 10.2 Å². The average Bonchev–Trinajstić information content (AvgIpc) is 2.65. The number of carbonyl (C=O) groups is 1. The maximum absolute atomic E-state index is 13.2. The molecule has 1 fully saturated rings. The van der Waals surface area contributed by atoms with E-state index in [1.54, 1.807) is 6.20 Å². The number of aryl methyl sites for hydroxylation is 1. The lowest BCUT2D eigenvalue weighted by molar-refractivity contribution is -0.132. The molecule has 0 bridgehead atoms. The van der Waals surface area contributed by atoms with E-state index in [4.69, 9.17) is 0 Å². The summed E-state index contributed by atoms with van der Waals surface area (Å²) in [6.45, 7) is 2.37. The molecular weight excluding hydrogens is 317 g/mol. The Morgan fingerprint density at radius 2 is 2.08 bits per heavy atom. The van der Waals surface area contributed by atoms with Crippen molar-refractivity contribution in [3.63, 3.8) is 0 Å². The lowest BCUT2D eigenvalue weighted by atomic mass is 10.0. The monoisotopic (exact) mass is 341 g/mol. The summed E-state index contributed by atoms with van der Waals surface area (Å²) in [7, 11) is 0. The number of aromatic nitrogens is 1. The molecule has 1 N–H and O–H groups in total. The van der Waals surface area contributed by atoms with Crippen molar-refractivity contribution < 1.29 is 9.18 Å². The smallest absolute Gasteiger partial charge is 0.222 e. The maximum Gasteiger partial charge on any atom is 0.222 e. The quantitative estimate of drug-likeness (QED) is 0.879. The second kappa shape index (κ2) is 8.72. The Kier molecular flexibility index (Phi) is 6.12. The molecular formula is C20H24FN3O. The van der Waals surface area contributed by atoms with Gasteiger partial charge in [-0.3, -0.25) is 9.78 Å². The Labute approximate surface area is 148 Å². The molecule has 25 heavy (non-hydrogen) atoms. The molecule has 1 amide bonds. The molecule has 1 atom stereocenters. The predicted octanol–water partition coefficient (Wildman–Crippen LogP) is 2.93. The van der Waals surface area contributed by atoms with Crippen LogP contribution in [0.2, 0.25) is 0 Å². The van der Waals surface area contributed by atoms with Crippen LogP contribution in [0.3, 0.4) is 0 Å². The number of benzene rings is 1. The van der Waals surface area contributed by atoms with E-state index < -0.39 is 0 Å². The number of nitrogens with one attached hydrogen (secondary N) is 1. The first kappa shape index (κ1) is 17.5. The number of piperidine rings is 1. The highest BCUT2D eigenvalue weighted by Gasteiger charge is 2.23. The van der Waals surface area contributed by atoms with Crippen LogP contribution in [-0.2, 0) is 17.8 Å². The first-order valence-electron chi connectivity index (χ1n) is 8.85. The molecule has 2 heterocycles. The van der Waals surface area contributed by atoms with E-state index in [1.165, 1.54) is 17.8 Å². The van der Waals surface area contributed by atoms with E-state index in [2.05, 4.69) is 22.4 Å². The van der Waals surface area contributed by atoms with Crippen molar-refractivity contribution >= 4 is 5.91 Å². The Bertz CT molecular complexity index is 692. The summed E-state index contributed by atoms with van der Waals surface area (Å²) in [4.78, 5) is 18.2. The fourth-order valence-electron chi connectivity index (χ4n) is 3.23. The molecule has 3 rings (SSSR count). The van der Waals surface area contributed by atoms with Gasteiger partial charge in [0, 0.05) is 38.3 Å². The summed E-state index contributed by atoms with van der Waals surface area (Å²) < 4.78 is 13.2. The van der Waals surface area contributed by atoms with Crippen LogP contribution in [0.15, 0.2) is 48.8 Å². The van der Waals surface area contributed by atoms with Gasteiger partial charge in [0.05, 0.1) is 6.20 Å². The van der Waals surface area contributed by atoms with Crippen LogP contribution in [0.4, 0.5) is 4.39 Å². The predicted molar refractivity (Wildman–Crippen MR) is 95.4 cm³/mol. The molecule has 1 aromatic heterocycles. The van der Waals surface area contributed by atoms with E-state index in [0.29, 0.717) is 18.9 Å². The van der Waals surface area contributed by atoms with Gasteiger partial charge >= 0.3 is 0 Å². The number of carbonyl (C=O) groups excluding carboxylic acids is 1. The van der Waals surface area contributed by atoms with Gasteiger partial charge in [0.2, 0.25) is 5.91 Å². The minimum absolute atomic E-state index is 0.135. The van der Waals surface area contributed by atoms with Gasteiger partial charge in [-0.15, -0.1) is 0 Å². The molecule has 132 valence electrons. The highest BCUT2D eigenvalue weighted by Crippen LogP contribution is 2.14. The normalized spacial score (nSPS) is 17.5. The third-order valence-corrected chi connectivity index (χ3v) is 4.60. The Morgan fingerprint density at radius 1 is 1.24 bits per heavy atom. The molecule has 0 radical (unpaired) electrons. The van der Waals surface area contributed by atoms with Crippen molar-refractivity contribution in [2.75, 3.05) is 13.1 Å². The van der Waals surface area contributed by atoms with E-state index >= 15 is 0 Å². The second-order valence-corrected chi connectivity index (χ2v) is 6.56. The Balaban J connectivity index is 1.46. The molecule has 1 aromatic carbocycles. The summed E-state index contributed by atoms with van der Waals surface area (Å²) >= 11 is 0. The van der Waals surface area contributed by atoms with Crippen LogP contribution in [-0.4, -0.2) is 34.9 Å². The van der Waals surface area contributed by atoms with Gasteiger partial charge in [0.1, 0.15) is 5.82 Å². The van der Waals surface area contributed by atoms with Crippen molar-refractivity contribution in [1.82, 2.24) is 15.2 Å². The van der Waals surface area contributed by atoms with Gasteiger partial charge in [-0.1, -0.05) is 30.3 Å². The lowest BCUT2D eigenvalue weighted by Gasteiger charge is -2.33. The fourth-order valence-corrected chi connectivity index (χ4v) is 3.23. The van der Waals surface area contributed by atoms with Crippen LogP contribution < -0.4 is 5.32 Å². The van der Waals surface area contributed by atoms with Crippen LogP contribution in [0, 0.1) is 5.82 Å². The highest BCUT2D eigenvalue weighted by atomic mass is 19.1. The largest absolute Gasteiger partial charge is 0.341 e. The SMILES string of the molecule is O=C(CCc1cncc(F)c1)N1CCC[C@@H](NCc2ccccc2)C1. The van der Waals surface area contributed by atoms with Crippen LogP contribution in [0.5, 0.6) is 0 Å². The number of nitrogens with zero attached hydrogens (tertiary/aromatic N) is 2. The minimum atomic E-state index is -0.354. The molecule has 0 spiro atoms. The van der Waals surface area contributed by atoms with Crippen LogP contribution >= 0.6 is 0 Å². The topological polar surface area (TPSA) is 45.2 Å². The van der Waals surface area contributed by atoms with Gasteiger partial charge in [0.25, 0.3) is 0 Å². The third-order valence-electron chi connectivity index (χ3n) is 4.60. The standard InChI is InChI=1S/C20H24FN3O/c21-18-11-17(12-22-14-18)8-9-20(25)24-10-4-7-19(15-24)23-13-16-5-2-1-3-6-16/h1-3,5-6,11-12,14,19,23H,4,7-10,13,15H2/t19-/m1/s1.